The molecule has 0 unspecified atom stereocenters. The third-order valence-corrected chi connectivity index (χ3v) is 8.45. The Bertz CT molecular complexity index is 1730. The molecule has 0 saturated carbocycles. The monoisotopic (exact) mass is 522 g/mol. The molecule has 6 heteroatoms. The number of fused-ring (bicyclic) bond motifs is 8. The van der Waals surface area contributed by atoms with Gasteiger partial charge in [0.1, 0.15) is 0 Å². The Hall–Kier alpha value is -3.93. The number of allylic oxidation sites excluding steroid dienone is 4. The van der Waals surface area contributed by atoms with E-state index in [1.807, 2.05) is 13.0 Å². The van der Waals surface area contributed by atoms with E-state index in [4.69, 9.17) is 9.97 Å². The Morgan fingerprint density at radius 1 is 0.667 bits per heavy atom. The second-order valence-corrected chi connectivity index (χ2v) is 10.6. The van der Waals surface area contributed by atoms with Crippen LogP contribution < -0.4 is 0 Å². The van der Waals surface area contributed by atoms with E-state index in [2.05, 4.69) is 69.7 Å². The van der Waals surface area contributed by atoms with Crippen molar-refractivity contribution in [3.05, 3.63) is 69.3 Å². The zero-order valence-corrected chi connectivity index (χ0v) is 24.1. The summed E-state index contributed by atoms with van der Waals surface area (Å²) in [6.07, 6.45) is 3.21. The van der Waals surface area contributed by atoms with Crippen LogP contribution in [0, 0.1) is 13.8 Å². The van der Waals surface area contributed by atoms with Crippen molar-refractivity contribution < 1.29 is 9.90 Å². The number of hydrogen-bond acceptors (Lipinski definition) is 3. The average molecular weight is 523 g/mol. The van der Waals surface area contributed by atoms with Crippen LogP contribution in [-0.2, 0) is 17.6 Å². The van der Waals surface area contributed by atoms with Crippen LogP contribution in [0.1, 0.15) is 98.9 Å². The lowest BCUT2D eigenvalue weighted by atomic mass is 9.99. The molecule has 39 heavy (non-hydrogen) atoms. The highest BCUT2D eigenvalue weighted by Crippen LogP contribution is 2.37. The van der Waals surface area contributed by atoms with Gasteiger partial charge in [0.05, 0.1) is 22.8 Å². The third-order valence-electron chi connectivity index (χ3n) is 8.45. The first-order valence-corrected chi connectivity index (χ1v) is 14.0. The Morgan fingerprint density at radius 2 is 1.15 bits per heavy atom. The number of aromatic nitrogens is 4. The summed E-state index contributed by atoms with van der Waals surface area (Å²) >= 11 is 0. The van der Waals surface area contributed by atoms with Crippen LogP contribution in [0.5, 0.6) is 0 Å². The fraction of sp³-hybridized carbons (Fsp3) is 0.364. The lowest BCUT2D eigenvalue weighted by Crippen LogP contribution is -1.95. The van der Waals surface area contributed by atoms with Crippen molar-refractivity contribution in [2.45, 2.75) is 80.6 Å². The highest BCUT2D eigenvalue weighted by atomic mass is 16.4. The fourth-order valence-electron chi connectivity index (χ4n) is 6.12. The van der Waals surface area contributed by atoms with Gasteiger partial charge in [0.15, 0.2) is 0 Å². The summed E-state index contributed by atoms with van der Waals surface area (Å²) in [6.45, 7) is 15.1. The number of H-pyrrole nitrogens is 2. The molecule has 0 radical (unpaired) electrons. The average Bonchev–Trinajstić information content (AvgIpc) is 3.55. The van der Waals surface area contributed by atoms with Gasteiger partial charge < -0.3 is 15.1 Å². The van der Waals surface area contributed by atoms with Crippen LogP contribution in [0.2, 0.25) is 0 Å². The van der Waals surface area contributed by atoms with Crippen molar-refractivity contribution in [2.24, 2.45) is 0 Å². The smallest absolute Gasteiger partial charge is 0.303 e. The minimum Gasteiger partial charge on any atom is -0.481 e. The van der Waals surface area contributed by atoms with Gasteiger partial charge in [0.25, 0.3) is 0 Å². The van der Waals surface area contributed by atoms with Gasteiger partial charge in [-0.1, -0.05) is 20.8 Å². The molecule has 0 spiro atoms. The van der Waals surface area contributed by atoms with Gasteiger partial charge >= 0.3 is 5.97 Å². The number of carbonyl (C=O) groups is 1. The molecule has 8 bridgehead atoms. The molecule has 0 fully saturated rings. The standard InChI is InChI=1S/C33H38N4O2/c1-8-21-17(4)25-13-26-20(7)24(11-12-33(38)39)32(37-26)15-28-19(6)23(10-3)31(36-28)16-30-22(9-2)18(5)27(35-30)14-29(21)34-25/h13-16,34-35H,8-12H2,1-7H3,(H,38,39). The number of aliphatic carboxylic acids is 1. The number of aryl methyl sites for hydroxylation is 4. The molecule has 2 aliphatic rings. The van der Waals surface area contributed by atoms with E-state index >= 15 is 0 Å². The first-order valence-electron chi connectivity index (χ1n) is 14.0. The molecule has 202 valence electrons. The van der Waals surface area contributed by atoms with E-state index in [0.29, 0.717) is 6.42 Å². The molecule has 2 aliphatic heterocycles. The largest absolute Gasteiger partial charge is 0.481 e. The highest BCUT2D eigenvalue weighted by Gasteiger charge is 2.21. The van der Waals surface area contributed by atoms with Crippen LogP contribution in [0.4, 0.5) is 0 Å². The molecule has 5 heterocycles. The predicted octanol–water partition coefficient (Wildman–Crippen LogP) is 8.19. The van der Waals surface area contributed by atoms with Gasteiger partial charge in [-0.3, -0.25) is 4.79 Å². The van der Waals surface area contributed by atoms with E-state index in [9.17, 15) is 9.90 Å². The molecule has 0 amide bonds. The lowest BCUT2D eigenvalue weighted by molar-refractivity contribution is -0.136. The molecular weight excluding hydrogens is 484 g/mol. The zero-order chi connectivity index (χ0) is 28.0. The summed E-state index contributed by atoms with van der Waals surface area (Å²) in [4.78, 5) is 29.0. The quantitative estimate of drug-likeness (QED) is 0.304. The van der Waals surface area contributed by atoms with Crippen molar-refractivity contribution in [3.8, 4) is 0 Å². The van der Waals surface area contributed by atoms with Gasteiger partial charge in [0, 0.05) is 28.5 Å². The van der Waals surface area contributed by atoms with Crippen LogP contribution in [0.25, 0.3) is 44.4 Å². The van der Waals surface area contributed by atoms with Crippen LogP contribution in [0.15, 0.2) is 24.3 Å². The van der Waals surface area contributed by atoms with Crippen molar-refractivity contribution in [1.82, 2.24) is 19.9 Å². The maximum Gasteiger partial charge on any atom is 0.303 e. The van der Waals surface area contributed by atoms with Crippen LogP contribution in [0.3, 0.4) is 0 Å². The van der Waals surface area contributed by atoms with Crippen molar-refractivity contribution in [3.63, 3.8) is 0 Å². The molecule has 0 saturated heterocycles. The Kier molecular flexibility index (Phi) is 7.06. The van der Waals surface area contributed by atoms with Crippen LogP contribution in [-0.4, -0.2) is 31.0 Å². The number of rotatable bonds is 6. The molecule has 0 atom stereocenters. The van der Waals surface area contributed by atoms with Gasteiger partial charge in [-0.15, -0.1) is 0 Å². The second kappa shape index (κ2) is 10.3. The number of carboxylic acids is 1. The summed E-state index contributed by atoms with van der Waals surface area (Å²) in [7, 11) is 0. The van der Waals surface area contributed by atoms with Crippen molar-refractivity contribution in [1.29, 1.82) is 0 Å². The van der Waals surface area contributed by atoms with Gasteiger partial charge in [0.2, 0.25) is 0 Å². The molecule has 0 aliphatic carbocycles. The van der Waals surface area contributed by atoms with E-state index < -0.39 is 5.97 Å². The minimum absolute atomic E-state index is 0.0637. The lowest BCUT2D eigenvalue weighted by Gasteiger charge is -2.03. The maximum atomic E-state index is 11.5. The Balaban J connectivity index is 1.94. The highest BCUT2D eigenvalue weighted by molar-refractivity contribution is 5.96. The number of carboxylic acid groups (broad SMARTS) is 1. The first-order chi connectivity index (χ1) is 18.7. The molecule has 0 aromatic carbocycles. The molecular formula is C33H38N4O2. The number of nitrogens with one attached hydrogen (secondary N) is 2. The minimum atomic E-state index is -0.807. The summed E-state index contributed by atoms with van der Waals surface area (Å²) in [5, 5.41) is 9.43. The molecule has 5 rings (SSSR count). The van der Waals surface area contributed by atoms with E-state index in [-0.39, 0.29) is 6.42 Å². The number of nitrogens with zero attached hydrogens (tertiary/aromatic N) is 2. The van der Waals surface area contributed by atoms with Crippen molar-refractivity contribution >= 4 is 50.3 Å². The van der Waals surface area contributed by atoms with E-state index in [0.717, 1.165) is 80.8 Å². The number of aromatic amines is 2. The van der Waals surface area contributed by atoms with E-state index in [1.165, 1.54) is 27.8 Å². The predicted molar refractivity (Wildman–Crippen MR) is 161 cm³/mol. The fourth-order valence-corrected chi connectivity index (χ4v) is 6.12. The van der Waals surface area contributed by atoms with E-state index in [1.54, 1.807) is 0 Å². The molecule has 6 nitrogen and oxygen atoms in total. The second-order valence-electron chi connectivity index (χ2n) is 10.6. The molecule has 3 N–H and O–H groups in total. The topological polar surface area (TPSA) is 94.7 Å². The van der Waals surface area contributed by atoms with Gasteiger partial charge in [-0.25, -0.2) is 9.97 Å². The summed E-state index contributed by atoms with van der Waals surface area (Å²) in [5.41, 5.74) is 17.3. The Morgan fingerprint density at radius 3 is 1.72 bits per heavy atom. The number of hydrogen-bond donors (Lipinski definition) is 3. The zero-order valence-electron chi connectivity index (χ0n) is 24.1. The maximum absolute atomic E-state index is 11.5. The molecule has 3 aromatic heterocycles. The normalized spacial score (nSPS) is 13.5. The van der Waals surface area contributed by atoms with Crippen LogP contribution >= 0.6 is 0 Å². The molecule has 3 aromatic rings. The summed E-state index contributed by atoms with van der Waals surface area (Å²) < 4.78 is 0. The van der Waals surface area contributed by atoms with Gasteiger partial charge in [-0.05, 0) is 122 Å². The Labute approximate surface area is 230 Å². The summed E-state index contributed by atoms with van der Waals surface area (Å²) in [5.74, 6) is -0.807. The van der Waals surface area contributed by atoms with Crippen molar-refractivity contribution in [2.75, 3.05) is 0 Å². The first kappa shape index (κ1) is 26.7. The summed E-state index contributed by atoms with van der Waals surface area (Å²) in [6, 6.07) is 8.59. The third kappa shape index (κ3) is 4.62. The van der Waals surface area contributed by atoms with Gasteiger partial charge in [-0.2, -0.15) is 0 Å². The SMILES string of the molecule is CCC1=C(C)c2cc3nc(cc4[nH]c(cc5[nH]c(cc1n2)c(CC)c5C)c(CC)c4C)C(C)=C3CCC(=O)O.